The van der Waals surface area contributed by atoms with Crippen molar-refractivity contribution in [1.82, 2.24) is 10.3 Å². The number of rotatable bonds is 6. The maximum Gasteiger partial charge on any atom is 0.246 e. The van der Waals surface area contributed by atoms with Crippen LogP contribution in [-0.4, -0.2) is 22.8 Å². The molecule has 2 amide bonds. The number of ether oxygens (including phenoxy) is 1. The molecular formula is C19H21N3O3. The van der Waals surface area contributed by atoms with Gasteiger partial charge < -0.3 is 15.4 Å². The lowest BCUT2D eigenvalue weighted by Crippen LogP contribution is -2.45. The number of anilines is 1. The van der Waals surface area contributed by atoms with Crippen LogP contribution < -0.4 is 15.4 Å². The van der Waals surface area contributed by atoms with Crippen molar-refractivity contribution in [2.45, 2.75) is 32.2 Å². The number of benzene rings is 1. The number of hydrogen-bond donors (Lipinski definition) is 2. The van der Waals surface area contributed by atoms with E-state index in [1.54, 1.807) is 55.7 Å². The highest BCUT2D eigenvalue weighted by atomic mass is 16.5. The Bertz CT molecular complexity index is 745. The fraction of sp³-hybridized carbons (Fsp3) is 0.316. The van der Waals surface area contributed by atoms with Crippen molar-refractivity contribution < 1.29 is 14.3 Å². The van der Waals surface area contributed by atoms with E-state index in [2.05, 4.69) is 15.6 Å². The highest BCUT2D eigenvalue weighted by molar-refractivity contribution is 5.97. The van der Waals surface area contributed by atoms with E-state index in [0.717, 1.165) is 19.3 Å². The Balaban J connectivity index is 1.57. The molecular weight excluding hydrogens is 318 g/mol. The summed E-state index contributed by atoms with van der Waals surface area (Å²) >= 11 is 0. The molecule has 1 heterocycles. The Morgan fingerprint density at radius 3 is 2.60 bits per heavy atom. The minimum atomic E-state index is -0.585. The molecule has 1 aromatic heterocycles. The van der Waals surface area contributed by atoms with E-state index in [1.807, 2.05) is 0 Å². The molecule has 0 aliphatic heterocycles. The first-order chi connectivity index (χ1) is 12.1. The molecule has 2 N–H and O–H groups in total. The molecule has 0 spiro atoms. The zero-order chi connectivity index (χ0) is 17.6. The predicted octanol–water partition coefficient (Wildman–Crippen LogP) is 3.12. The van der Waals surface area contributed by atoms with Crippen LogP contribution in [0.5, 0.6) is 11.5 Å². The van der Waals surface area contributed by atoms with E-state index < -0.39 is 6.04 Å². The maximum atomic E-state index is 12.3. The molecule has 1 aliphatic carbocycles. The van der Waals surface area contributed by atoms with Crippen LogP contribution in [0.4, 0.5) is 5.69 Å². The van der Waals surface area contributed by atoms with Gasteiger partial charge in [-0.05, 0) is 44.0 Å². The molecule has 25 heavy (non-hydrogen) atoms. The Labute approximate surface area is 146 Å². The van der Waals surface area contributed by atoms with Gasteiger partial charge in [0, 0.05) is 30.1 Å². The standard InChI is InChI=1S/C19H21N3O3/c1-13(21-19(24)14-4-2-5-14)18(23)22-15-6-3-7-17(12-15)25-16-8-10-20-11-9-16/h3,6-14H,2,4-5H2,1H3,(H,21,24)(H,22,23)/t13-/m1/s1. The summed E-state index contributed by atoms with van der Waals surface area (Å²) in [5.41, 5.74) is 0.612. The molecule has 0 saturated heterocycles. The van der Waals surface area contributed by atoms with Crippen LogP contribution in [0.2, 0.25) is 0 Å². The first-order valence-electron chi connectivity index (χ1n) is 8.41. The van der Waals surface area contributed by atoms with E-state index in [-0.39, 0.29) is 17.7 Å². The van der Waals surface area contributed by atoms with Crippen LogP contribution in [0.15, 0.2) is 48.8 Å². The summed E-state index contributed by atoms with van der Waals surface area (Å²) in [5, 5.41) is 5.57. The van der Waals surface area contributed by atoms with Crippen molar-refractivity contribution in [3.8, 4) is 11.5 Å². The number of nitrogens with one attached hydrogen (secondary N) is 2. The third-order valence-electron chi connectivity index (χ3n) is 4.22. The van der Waals surface area contributed by atoms with Gasteiger partial charge in [-0.1, -0.05) is 12.5 Å². The summed E-state index contributed by atoms with van der Waals surface area (Å²) in [7, 11) is 0. The van der Waals surface area contributed by atoms with Crippen molar-refractivity contribution in [2.24, 2.45) is 5.92 Å². The van der Waals surface area contributed by atoms with Gasteiger partial charge >= 0.3 is 0 Å². The van der Waals surface area contributed by atoms with E-state index >= 15 is 0 Å². The van der Waals surface area contributed by atoms with E-state index in [4.69, 9.17) is 4.74 Å². The van der Waals surface area contributed by atoms with Crippen molar-refractivity contribution in [2.75, 3.05) is 5.32 Å². The Kier molecular flexibility index (Phi) is 5.28. The predicted molar refractivity (Wildman–Crippen MR) is 94.3 cm³/mol. The van der Waals surface area contributed by atoms with Crippen LogP contribution in [-0.2, 0) is 9.59 Å². The van der Waals surface area contributed by atoms with Gasteiger partial charge in [-0.3, -0.25) is 14.6 Å². The molecule has 2 aromatic rings. The molecule has 1 fully saturated rings. The summed E-state index contributed by atoms with van der Waals surface area (Å²) in [6.45, 7) is 1.68. The van der Waals surface area contributed by atoms with Gasteiger partial charge in [0.2, 0.25) is 11.8 Å². The number of pyridine rings is 1. The van der Waals surface area contributed by atoms with Crippen molar-refractivity contribution in [3.63, 3.8) is 0 Å². The highest BCUT2D eigenvalue weighted by Crippen LogP contribution is 2.26. The second-order valence-corrected chi connectivity index (χ2v) is 6.16. The van der Waals surface area contributed by atoms with Crippen LogP contribution in [0.3, 0.4) is 0 Å². The Morgan fingerprint density at radius 1 is 1.16 bits per heavy atom. The van der Waals surface area contributed by atoms with Gasteiger partial charge in [-0.2, -0.15) is 0 Å². The zero-order valence-corrected chi connectivity index (χ0v) is 14.1. The summed E-state index contributed by atoms with van der Waals surface area (Å²) in [6.07, 6.45) is 6.20. The largest absolute Gasteiger partial charge is 0.457 e. The van der Waals surface area contributed by atoms with Crippen LogP contribution in [0, 0.1) is 5.92 Å². The van der Waals surface area contributed by atoms with Crippen molar-refractivity contribution in [1.29, 1.82) is 0 Å². The lowest BCUT2D eigenvalue weighted by molar-refractivity contribution is -0.130. The Morgan fingerprint density at radius 2 is 1.92 bits per heavy atom. The number of amides is 2. The van der Waals surface area contributed by atoms with Crippen molar-refractivity contribution in [3.05, 3.63) is 48.8 Å². The van der Waals surface area contributed by atoms with Crippen molar-refractivity contribution >= 4 is 17.5 Å². The van der Waals surface area contributed by atoms with Gasteiger partial charge in [-0.25, -0.2) is 0 Å². The monoisotopic (exact) mass is 339 g/mol. The Hall–Kier alpha value is -2.89. The van der Waals surface area contributed by atoms with E-state index in [1.165, 1.54) is 0 Å². The minimum absolute atomic E-state index is 0.0383. The average Bonchev–Trinajstić information content (AvgIpc) is 2.54. The smallest absolute Gasteiger partial charge is 0.246 e. The fourth-order valence-electron chi connectivity index (χ4n) is 2.50. The number of carbonyl (C=O) groups excluding carboxylic acids is 2. The lowest BCUT2D eigenvalue weighted by atomic mass is 9.84. The second kappa shape index (κ2) is 7.79. The molecule has 6 heteroatoms. The molecule has 1 saturated carbocycles. The molecule has 3 rings (SSSR count). The number of nitrogens with zero attached hydrogens (tertiary/aromatic N) is 1. The first kappa shape index (κ1) is 17.0. The zero-order valence-electron chi connectivity index (χ0n) is 14.1. The van der Waals surface area contributed by atoms with E-state index in [0.29, 0.717) is 17.2 Å². The molecule has 1 atom stereocenters. The number of hydrogen-bond acceptors (Lipinski definition) is 4. The molecule has 0 radical (unpaired) electrons. The summed E-state index contributed by atoms with van der Waals surface area (Å²) in [6, 6.07) is 10.0. The molecule has 0 unspecified atom stereocenters. The number of carbonyl (C=O) groups is 2. The summed E-state index contributed by atoms with van der Waals surface area (Å²) in [5.74, 6) is 1.04. The van der Waals surface area contributed by atoms with Gasteiger partial charge in [0.05, 0.1) is 0 Å². The first-order valence-corrected chi connectivity index (χ1v) is 8.41. The van der Waals surface area contributed by atoms with Gasteiger partial charge in [0.25, 0.3) is 0 Å². The summed E-state index contributed by atoms with van der Waals surface area (Å²) < 4.78 is 5.72. The van der Waals surface area contributed by atoms with Crippen LogP contribution in [0.25, 0.3) is 0 Å². The quantitative estimate of drug-likeness (QED) is 0.847. The van der Waals surface area contributed by atoms with Gasteiger partial charge in [0.15, 0.2) is 0 Å². The summed E-state index contributed by atoms with van der Waals surface area (Å²) in [4.78, 5) is 28.1. The van der Waals surface area contributed by atoms with Gasteiger partial charge in [-0.15, -0.1) is 0 Å². The fourth-order valence-corrected chi connectivity index (χ4v) is 2.50. The highest BCUT2D eigenvalue weighted by Gasteiger charge is 2.27. The molecule has 1 aliphatic rings. The SMILES string of the molecule is C[C@@H](NC(=O)C1CCC1)C(=O)Nc1cccc(Oc2ccncc2)c1. The normalized spacial score (nSPS) is 14.9. The lowest BCUT2D eigenvalue weighted by Gasteiger charge is -2.25. The molecule has 1 aromatic carbocycles. The molecule has 130 valence electrons. The maximum absolute atomic E-state index is 12.3. The van der Waals surface area contributed by atoms with Crippen LogP contribution in [0.1, 0.15) is 26.2 Å². The number of aromatic nitrogens is 1. The van der Waals surface area contributed by atoms with E-state index in [9.17, 15) is 9.59 Å². The second-order valence-electron chi connectivity index (χ2n) is 6.16. The third kappa shape index (κ3) is 4.56. The minimum Gasteiger partial charge on any atom is -0.457 e. The van der Waals surface area contributed by atoms with Gasteiger partial charge in [0.1, 0.15) is 17.5 Å². The molecule has 0 bridgehead atoms. The third-order valence-corrected chi connectivity index (χ3v) is 4.22. The molecule has 6 nitrogen and oxygen atoms in total. The average molecular weight is 339 g/mol. The topological polar surface area (TPSA) is 80.3 Å². The van der Waals surface area contributed by atoms with Crippen LogP contribution >= 0.6 is 0 Å².